The first kappa shape index (κ1) is 14.1. The summed E-state index contributed by atoms with van der Waals surface area (Å²) in [6, 6.07) is 5.34. The van der Waals surface area contributed by atoms with Crippen LogP contribution in [0.15, 0.2) is 30.9 Å². The number of amides is 2. The lowest BCUT2D eigenvalue weighted by atomic mass is 10.1. The molecule has 0 saturated heterocycles. The highest BCUT2D eigenvalue weighted by molar-refractivity contribution is 6.01. The predicted molar refractivity (Wildman–Crippen MR) is 83.4 cm³/mol. The number of carbonyl (C=O) groups is 2. The molecule has 9 heteroatoms. The molecular weight excluding hydrogens is 312 g/mol. The normalized spacial score (nSPS) is 13.1. The molecule has 1 aromatic carbocycles. The quantitative estimate of drug-likeness (QED) is 0.649. The number of rotatable bonds is 3. The van der Waals surface area contributed by atoms with Crippen molar-refractivity contribution in [3.63, 3.8) is 0 Å². The molecule has 3 heterocycles. The zero-order valence-electron chi connectivity index (χ0n) is 12.4. The van der Waals surface area contributed by atoms with Crippen molar-refractivity contribution in [3.05, 3.63) is 42.1 Å². The van der Waals surface area contributed by atoms with Crippen molar-refractivity contribution >= 4 is 28.7 Å². The molecule has 24 heavy (non-hydrogen) atoms. The Kier molecular flexibility index (Phi) is 3.30. The third kappa shape index (κ3) is 2.51. The van der Waals surface area contributed by atoms with Gasteiger partial charge < -0.3 is 20.4 Å². The van der Waals surface area contributed by atoms with Gasteiger partial charge >= 0.3 is 0 Å². The number of fused-ring (bicyclic) bond motifs is 2. The van der Waals surface area contributed by atoms with Gasteiger partial charge in [-0.05, 0) is 17.7 Å². The number of nitrogens with one attached hydrogen (secondary N) is 3. The van der Waals surface area contributed by atoms with Gasteiger partial charge in [-0.25, -0.2) is 15.0 Å². The maximum Gasteiger partial charge on any atom is 0.272 e. The number of hydrogen-bond acceptors (Lipinski definition) is 6. The summed E-state index contributed by atoms with van der Waals surface area (Å²) in [5.74, 6) is 0.0654. The summed E-state index contributed by atoms with van der Waals surface area (Å²) in [7, 11) is 0. The number of carbonyl (C=O) groups excluding carboxylic acids is 2. The summed E-state index contributed by atoms with van der Waals surface area (Å²) in [6.45, 7) is 0.290. The van der Waals surface area contributed by atoms with E-state index in [2.05, 4.69) is 30.6 Å². The average molecular weight is 324 g/mol. The predicted octanol–water partition coefficient (Wildman–Crippen LogP) is 0.614. The highest BCUT2D eigenvalue weighted by atomic mass is 16.5. The Balaban J connectivity index is 1.51. The molecule has 1 aliphatic heterocycles. The summed E-state index contributed by atoms with van der Waals surface area (Å²) < 4.78 is 5.30. The SMILES string of the molecule is O=C1COc2ccc(CNC(=O)c3ncnc4nc[nH]c34)cc2N1. The Morgan fingerprint density at radius 3 is 3.12 bits per heavy atom. The maximum absolute atomic E-state index is 12.3. The first-order valence-corrected chi connectivity index (χ1v) is 7.18. The molecule has 0 atom stereocenters. The van der Waals surface area contributed by atoms with E-state index in [0.717, 1.165) is 5.56 Å². The van der Waals surface area contributed by atoms with Crippen LogP contribution in [0, 0.1) is 0 Å². The van der Waals surface area contributed by atoms with Crippen molar-refractivity contribution in [1.82, 2.24) is 25.3 Å². The third-order valence-corrected chi connectivity index (χ3v) is 3.57. The first-order chi connectivity index (χ1) is 11.7. The Labute approximate surface area is 135 Å². The molecule has 0 aliphatic carbocycles. The number of hydrogen-bond donors (Lipinski definition) is 3. The standard InChI is InChI=1S/C15H12N6O3/c22-11-5-24-10-2-1-8(3-9(10)21-11)4-16-15(23)13-12-14(19-6-17-12)20-7-18-13/h1-3,6-7H,4-5H2,(H,16,23)(H,21,22)(H,17,18,19,20). The monoisotopic (exact) mass is 324 g/mol. The molecule has 2 amide bonds. The van der Waals surface area contributed by atoms with E-state index in [1.54, 1.807) is 12.1 Å². The van der Waals surface area contributed by atoms with Gasteiger partial charge in [-0.2, -0.15) is 0 Å². The van der Waals surface area contributed by atoms with Gasteiger partial charge in [-0.3, -0.25) is 9.59 Å². The molecule has 120 valence electrons. The average Bonchev–Trinajstić information content (AvgIpc) is 3.08. The van der Waals surface area contributed by atoms with Gasteiger partial charge in [0.05, 0.1) is 12.0 Å². The van der Waals surface area contributed by atoms with E-state index in [9.17, 15) is 9.59 Å². The van der Waals surface area contributed by atoms with E-state index in [1.165, 1.54) is 12.7 Å². The fraction of sp³-hybridized carbons (Fsp3) is 0.133. The Morgan fingerprint density at radius 2 is 2.21 bits per heavy atom. The first-order valence-electron chi connectivity index (χ1n) is 7.18. The van der Waals surface area contributed by atoms with E-state index >= 15 is 0 Å². The lowest BCUT2D eigenvalue weighted by Gasteiger charge is -2.18. The minimum absolute atomic E-state index is 0.0109. The van der Waals surface area contributed by atoms with Gasteiger partial charge in [0.1, 0.15) is 17.6 Å². The number of nitrogens with zero attached hydrogens (tertiary/aromatic N) is 3. The highest BCUT2D eigenvalue weighted by Crippen LogP contribution is 2.28. The molecule has 9 nitrogen and oxygen atoms in total. The number of benzene rings is 1. The number of H-pyrrole nitrogens is 1. The van der Waals surface area contributed by atoms with Crippen LogP contribution in [0.3, 0.4) is 0 Å². The van der Waals surface area contributed by atoms with Gasteiger partial charge in [-0.15, -0.1) is 0 Å². The molecule has 3 aromatic rings. The molecule has 4 rings (SSSR count). The number of aromatic amines is 1. The third-order valence-electron chi connectivity index (χ3n) is 3.57. The Bertz CT molecular complexity index is 951. The smallest absolute Gasteiger partial charge is 0.272 e. The second-order valence-corrected chi connectivity index (χ2v) is 5.17. The van der Waals surface area contributed by atoms with Crippen molar-refractivity contribution in [3.8, 4) is 5.75 Å². The molecule has 0 unspecified atom stereocenters. The van der Waals surface area contributed by atoms with Crippen LogP contribution < -0.4 is 15.4 Å². The van der Waals surface area contributed by atoms with Gasteiger partial charge in [-0.1, -0.05) is 6.07 Å². The van der Waals surface area contributed by atoms with Crippen LogP contribution >= 0.6 is 0 Å². The van der Waals surface area contributed by atoms with Gasteiger partial charge in [0.15, 0.2) is 17.9 Å². The maximum atomic E-state index is 12.3. The molecule has 0 radical (unpaired) electrons. The van der Waals surface area contributed by atoms with Crippen molar-refractivity contribution < 1.29 is 14.3 Å². The van der Waals surface area contributed by atoms with Crippen LogP contribution in [0.25, 0.3) is 11.2 Å². The number of anilines is 1. The number of aromatic nitrogens is 4. The van der Waals surface area contributed by atoms with Crippen LogP contribution in [0.1, 0.15) is 16.1 Å². The van der Waals surface area contributed by atoms with E-state index in [4.69, 9.17) is 4.74 Å². The van der Waals surface area contributed by atoms with Crippen LogP contribution in [0.2, 0.25) is 0 Å². The zero-order valence-corrected chi connectivity index (χ0v) is 12.4. The molecule has 1 aliphatic rings. The van der Waals surface area contributed by atoms with Crippen LogP contribution in [0.4, 0.5) is 5.69 Å². The Hall–Kier alpha value is -3.49. The fourth-order valence-corrected chi connectivity index (χ4v) is 2.44. The number of imidazole rings is 1. The Morgan fingerprint density at radius 1 is 1.29 bits per heavy atom. The molecular formula is C15H12N6O3. The minimum atomic E-state index is -0.343. The van der Waals surface area contributed by atoms with Gasteiger partial charge in [0.2, 0.25) is 0 Å². The molecule has 0 spiro atoms. The van der Waals surface area contributed by atoms with E-state index in [1.807, 2.05) is 6.07 Å². The molecule has 2 aromatic heterocycles. The minimum Gasteiger partial charge on any atom is -0.482 e. The van der Waals surface area contributed by atoms with E-state index in [-0.39, 0.29) is 30.7 Å². The summed E-state index contributed by atoms with van der Waals surface area (Å²) in [5, 5.41) is 5.51. The summed E-state index contributed by atoms with van der Waals surface area (Å²) in [6.07, 6.45) is 2.76. The van der Waals surface area contributed by atoms with Crippen molar-refractivity contribution in [2.75, 3.05) is 11.9 Å². The second-order valence-electron chi connectivity index (χ2n) is 5.17. The van der Waals surface area contributed by atoms with Crippen molar-refractivity contribution in [1.29, 1.82) is 0 Å². The van der Waals surface area contributed by atoms with Crippen LogP contribution in [0.5, 0.6) is 5.75 Å². The largest absolute Gasteiger partial charge is 0.482 e. The molecule has 0 saturated carbocycles. The van der Waals surface area contributed by atoms with Gasteiger partial charge in [0, 0.05) is 6.54 Å². The van der Waals surface area contributed by atoms with E-state index < -0.39 is 0 Å². The summed E-state index contributed by atoms with van der Waals surface area (Å²) in [5.41, 5.74) is 2.57. The van der Waals surface area contributed by atoms with Crippen LogP contribution in [-0.2, 0) is 11.3 Å². The zero-order chi connectivity index (χ0) is 16.5. The molecule has 3 N–H and O–H groups in total. The fourth-order valence-electron chi connectivity index (χ4n) is 2.44. The van der Waals surface area contributed by atoms with Crippen LogP contribution in [-0.4, -0.2) is 38.4 Å². The lowest BCUT2D eigenvalue weighted by Crippen LogP contribution is -2.26. The number of ether oxygens (including phenoxy) is 1. The highest BCUT2D eigenvalue weighted by Gasteiger charge is 2.17. The molecule has 0 bridgehead atoms. The lowest BCUT2D eigenvalue weighted by molar-refractivity contribution is -0.118. The van der Waals surface area contributed by atoms with Crippen molar-refractivity contribution in [2.45, 2.75) is 6.54 Å². The van der Waals surface area contributed by atoms with E-state index in [0.29, 0.717) is 22.6 Å². The second kappa shape index (κ2) is 5.61. The summed E-state index contributed by atoms with van der Waals surface area (Å²) in [4.78, 5) is 38.5. The molecule has 0 fully saturated rings. The summed E-state index contributed by atoms with van der Waals surface area (Å²) >= 11 is 0. The van der Waals surface area contributed by atoms with Crippen molar-refractivity contribution in [2.24, 2.45) is 0 Å². The van der Waals surface area contributed by atoms with Gasteiger partial charge in [0.25, 0.3) is 11.8 Å². The topological polar surface area (TPSA) is 122 Å².